The van der Waals surface area contributed by atoms with E-state index in [1.807, 2.05) is 16.8 Å². The van der Waals surface area contributed by atoms with Gasteiger partial charge in [0.1, 0.15) is 24.0 Å². The van der Waals surface area contributed by atoms with Gasteiger partial charge in [-0.05, 0) is 51.2 Å². The van der Waals surface area contributed by atoms with Crippen LogP contribution in [0.25, 0.3) is 5.69 Å². The minimum Gasteiger partial charge on any atom is -0.371 e. The lowest BCUT2D eigenvalue weighted by Gasteiger charge is -2.36. The molecule has 1 aliphatic heterocycles. The van der Waals surface area contributed by atoms with Crippen LogP contribution < -0.4 is 10.2 Å². The summed E-state index contributed by atoms with van der Waals surface area (Å²) < 4.78 is 1.96. The third kappa shape index (κ3) is 4.36. The van der Waals surface area contributed by atoms with E-state index in [1.54, 1.807) is 6.33 Å². The van der Waals surface area contributed by atoms with Crippen LogP contribution in [0.5, 0.6) is 0 Å². The number of aromatic nitrogens is 4. The maximum Gasteiger partial charge on any atom is 0.158 e. The molecule has 2 aromatic heterocycles. The largest absolute Gasteiger partial charge is 0.371 e. The summed E-state index contributed by atoms with van der Waals surface area (Å²) in [6.07, 6.45) is 9.01. The summed E-state index contributed by atoms with van der Waals surface area (Å²) in [7, 11) is 4.33. The van der Waals surface area contributed by atoms with Gasteiger partial charge in [-0.2, -0.15) is 5.26 Å². The summed E-state index contributed by atoms with van der Waals surface area (Å²) in [5.74, 6) is 1.21. The first-order valence-corrected chi connectivity index (χ1v) is 9.67. The van der Waals surface area contributed by atoms with Gasteiger partial charge in [0.2, 0.25) is 0 Å². The Morgan fingerprint density at radius 2 is 1.72 bits per heavy atom. The lowest BCUT2D eigenvalue weighted by atomic mass is 10.0. The molecule has 8 nitrogen and oxygen atoms in total. The van der Waals surface area contributed by atoms with Gasteiger partial charge in [0.25, 0.3) is 0 Å². The van der Waals surface area contributed by atoms with E-state index in [2.05, 4.69) is 68.4 Å². The van der Waals surface area contributed by atoms with Crippen LogP contribution in [0, 0.1) is 11.3 Å². The van der Waals surface area contributed by atoms with Gasteiger partial charge in [-0.1, -0.05) is 0 Å². The molecule has 3 aromatic rings. The van der Waals surface area contributed by atoms with Crippen molar-refractivity contribution in [1.29, 1.82) is 5.26 Å². The Labute approximate surface area is 170 Å². The molecule has 0 bridgehead atoms. The highest BCUT2D eigenvalue weighted by Gasteiger charge is 2.20. The number of nitrogens with one attached hydrogen (secondary N) is 1. The number of benzene rings is 1. The minimum atomic E-state index is 0.284. The van der Waals surface area contributed by atoms with Gasteiger partial charge in [0.05, 0.1) is 18.6 Å². The monoisotopic (exact) mass is 388 g/mol. The molecule has 8 heteroatoms. The van der Waals surface area contributed by atoms with Crippen molar-refractivity contribution in [1.82, 2.24) is 24.4 Å². The molecule has 1 fully saturated rings. The van der Waals surface area contributed by atoms with Crippen LogP contribution in [0.15, 0.2) is 49.2 Å². The van der Waals surface area contributed by atoms with E-state index in [4.69, 9.17) is 5.26 Å². The lowest BCUT2D eigenvalue weighted by molar-refractivity contribution is 0.249. The van der Waals surface area contributed by atoms with Gasteiger partial charge in [-0.3, -0.25) is 0 Å². The van der Waals surface area contributed by atoms with Crippen LogP contribution in [0.4, 0.5) is 17.3 Å². The Kier molecular flexibility index (Phi) is 5.40. The van der Waals surface area contributed by atoms with E-state index in [0.717, 1.165) is 18.8 Å². The first kappa shape index (κ1) is 18.9. The van der Waals surface area contributed by atoms with Crippen molar-refractivity contribution in [2.24, 2.45) is 0 Å². The van der Waals surface area contributed by atoms with Crippen molar-refractivity contribution < 1.29 is 0 Å². The Morgan fingerprint density at radius 1 is 1.00 bits per heavy atom. The fraction of sp³-hybridized carbons (Fsp3) is 0.333. The Bertz CT molecular complexity index is 977. The molecule has 1 N–H and O–H groups in total. The van der Waals surface area contributed by atoms with Crippen LogP contribution in [0.1, 0.15) is 18.5 Å². The van der Waals surface area contributed by atoms with Gasteiger partial charge >= 0.3 is 0 Å². The summed E-state index contributed by atoms with van der Waals surface area (Å²) >= 11 is 0. The Morgan fingerprint density at radius 3 is 2.34 bits per heavy atom. The zero-order chi connectivity index (χ0) is 20.2. The van der Waals surface area contributed by atoms with Crippen LogP contribution >= 0.6 is 0 Å². The Balaban J connectivity index is 1.40. The summed E-state index contributed by atoms with van der Waals surface area (Å²) in [4.78, 5) is 17.3. The highest BCUT2D eigenvalue weighted by atomic mass is 15.2. The predicted octanol–water partition coefficient (Wildman–Crippen LogP) is 2.81. The van der Waals surface area contributed by atoms with Crippen LogP contribution in [0.2, 0.25) is 0 Å². The maximum atomic E-state index is 8.79. The van der Waals surface area contributed by atoms with E-state index in [0.29, 0.717) is 17.7 Å². The Hall–Kier alpha value is -3.44. The van der Waals surface area contributed by atoms with E-state index in [-0.39, 0.29) is 5.69 Å². The summed E-state index contributed by atoms with van der Waals surface area (Å²) in [6, 6.07) is 11.2. The summed E-state index contributed by atoms with van der Waals surface area (Å²) in [6.45, 7) is 2.18. The second kappa shape index (κ2) is 8.29. The van der Waals surface area contributed by atoms with Crippen molar-refractivity contribution >= 4 is 17.3 Å². The van der Waals surface area contributed by atoms with Gasteiger partial charge < -0.3 is 19.7 Å². The molecule has 0 atom stereocenters. The number of nitriles is 1. The van der Waals surface area contributed by atoms with Crippen LogP contribution in [0.3, 0.4) is 0 Å². The molecule has 0 spiro atoms. The SMILES string of the molecule is CN(C)C1CCN(c2ccc(-n3cnc(Nc4cnc(C#N)cn4)c3)cc2)CC1. The quantitative estimate of drug-likeness (QED) is 0.719. The molecule has 0 amide bonds. The molecule has 3 heterocycles. The summed E-state index contributed by atoms with van der Waals surface area (Å²) in [5.41, 5.74) is 2.59. The molecular formula is C21H24N8. The van der Waals surface area contributed by atoms with Crippen molar-refractivity contribution in [3.05, 3.63) is 54.9 Å². The van der Waals surface area contributed by atoms with E-state index >= 15 is 0 Å². The highest BCUT2D eigenvalue weighted by molar-refractivity contribution is 5.54. The van der Waals surface area contributed by atoms with Gasteiger partial charge in [0, 0.05) is 30.5 Å². The smallest absolute Gasteiger partial charge is 0.158 e. The molecule has 0 saturated carbocycles. The zero-order valence-electron chi connectivity index (χ0n) is 16.7. The fourth-order valence-electron chi connectivity index (χ4n) is 3.59. The van der Waals surface area contributed by atoms with Crippen molar-refractivity contribution in [2.45, 2.75) is 18.9 Å². The van der Waals surface area contributed by atoms with Crippen molar-refractivity contribution in [3.63, 3.8) is 0 Å². The molecule has 0 aliphatic carbocycles. The number of piperidine rings is 1. The standard InChI is InChI=1S/C21H24N8/c1-27(2)17-7-9-28(10-8-17)18-3-5-19(6-4-18)29-14-21(25-15-29)26-20-13-23-16(11-22)12-24-20/h3-6,12-15,17H,7-10H2,1-2H3,(H,24,26). The van der Waals surface area contributed by atoms with Gasteiger partial charge in [-0.15, -0.1) is 0 Å². The molecule has 1 saturated heterocycles. The molecule has 1 aliphatic rings. The third-order valence-electron chi connectivity index (χ3n) is 5.31. The second-order valence-corrected chi connectivity index (χ2v) is 7.39. The molecular weight excluding hydrogens is 364 g/mol. The first-order chi connectivity index (χ1) is 14.1. The van der Waals surface area contributed by atoms with Crippen molar-refractivity contribution in [3.8, 4) is 11.8 Å². The number of rotatable bonds is 5. The normalized spacial score (nSPS) is 14.8. The second-order valence-electron chi connectivity index (χ2n) is 7.39. The van der Waals surface area contributed by atoms with Gasteiger partial charge in [-0.25, -0.2) is 15.0 Å². The molecule has 1 aromatic carbocycles. The number of anilines is 3. The van der Waals surface area contributed by atoms with Gasteiger partial charge in [0.15, 0.2) is 5.69 Å². The summed E-state index contributed by atoms with van der Waals surface area (Å²) in [5, 5.41) is 11.9. The highest BCUT2D eigenvalue weighted by Crippen LogP contribution is 2.23. The average Bonchev–Trinajstić information content (AvgIpc) is 3.23. The van der Waals surface area contributed by atoms with Crippen LogP contribution in [-0.4, -0.2) is 57.6 Å². The zero-order valence-corrected chi connectivity index (χ0v) is 16.7. The first-order valence-electron chi connectivity index (χ1n) is 9.67. The van der Waals surface area contributed by atoms with E-state index in [1.165, 1.54) is 30.9 Å². The van der Waals surface area contributed by atoms with E-state index in [9.17, 15) is 0 Å². The number of nitrogens with zero attached hydrogens (tertiary/aromatic N) is 7. The molecule has 0 unspecified atom stereocenters. The molecule has 4 rings (SSSR count). The lowest BCUT2D eigenvalue weighted by Crippen LogP contribution is -2.41. The molecule has 148 valence electrons. The third-order valence-corrected chi connectivity index (χ3v) is 5.31. The van der Waals surface area contributed by atoms with E-state index < -0.39 is 0 Å². The van der Waals surface area contributed by atoms with Crippen LogP contribution in [-0.2, 0) is 0 Å². The maximum absolute atomic E-state index is 8.79. The number of hydrogen-bond acceptors (Lipinski definition) is 7. The number of hydrogen-bond donors (Lipinski definition) is 1. The molecule has 0 radical (unpaired) electrons. The number of imidazole rings is 1. The molecule has 29 heavy (non-hydrogen) atoms. The fourth-order valence-corrected chi connectivity index (χ4v) is 3.59. The minimum absolute atomic E-state index is 0.284. The predicted molar refractivity (Wildman–Crippen MR) is 113 cm³/mol. The topological polar surface area (TPSA) is 85.9 Å². The van der Waals surface area contributed by atoms with Crippen molar-refractivity contribution in [2.75, 3.05) is 37.4 Å². The average molecular weight is 388 g/mol.